The summed E-state index contributed by atoms with van der Waals surface area (Å²) in [5.41, 5.74) is 2.05. The second-order valence-corrected chi connectivity index (χ2v) is 6.22. The quantitative estimate of drug-likeness (QED) is 0.742. The molecule has 128 valence electrons. The van der Waals surface area contributed by atoms with E-state index in [1.807, 2.05) is 48.5 Å². The van der Waals surface area contributed by atoms with E-state index in [1.54, 1.807) is 14.2 Å². The van der Waals surface area contributed by atoms with Gasteiger partial charge in [-0.15, -0.1) is 0 Å². The zero-order valence-corrected chi connectivity index (χ0v) is 15.5. The molecule has 0 aliphatic carbocycles. The number of benzene rings is 2. The molecule has 0 aromatic heterocycles. The maximum Gasteiger partial charge on any atom is 0.220 e. The molecule has 24 heavy (non-hydrogen) atoms. The molecule has 0 saturated carbocycles. The van der Waals surface area contributed by atoms with Gasteiger partial charge in [-0.05, 0) is 24.1 Å². The lowest BCUT2D eigenvalue weighted by Gasteiger charge is -2.19. The number of carbonyl (C=O) groups excluding carboxylic acids is 1. The van der Waals surface area contributed by atoms with Crippen molar-refractivity contribution >= 4 is 21.8 Å². The normalized spacial score (nSPS) is 11.8. The fourth-order valence-electron chi connectivity index (χ4n) is 2.50. The number of amides is 1. The molecule has 0 bridgehead atoms. The van der Waals surface area contributed by atoms with Crippen LogP contribution in [0.25, 0.3) is 0 Å². The van der Waals surface area contributed by atoms with Crippen LogP contribution in [-0.2, 0) is 16.0 Å². The van der Waals surface area contributed by atoms with Gasteiger partial charge in [0.1, 0.15) is 11.9 Å². The molecule has 0 aliphatic rings. The Hall–Kier alpha value is -1.85. The molecule has 0 spiro atoms. The van der Waals surface area contributed by atoms with E-state index in [1.165, 1.54) is 0 Å². The molecule has 5 heteroatoms. The van der Waals surface area contributed by atoms with Gasteiger partial charge in [-0.3, -0.25) is 4.79 Å². The second kappa shape index (κ2) is 9.45. The van der Waals surface area contributed by atoms with Crippen molar-refractivity contribution in [3.8, 4) is 5.75 Å². The minimum absolute atomic E-state index is 0.00250. The summed E-state index contributed by atoms with van der Waals surface area (Å²) in [5, 5.41) is 2.94. The van der Waals surface area contributed by atoms with Crippen molar-refractivity contribution in [2.75, 3.05) is 20.8 Å². The molecule has 2 aromatic rings. The minimum atomic E-state index is -0.242. The van der Waals surface area contributed by atoms with Crippen molar-refractivity contribution in [3.63, 3.8) is 0 Å². The maximum absolute atomic E-state index is 12.1. The predicted octanol–water partition coefficient (Wildman–Crippen LogP) is 3.89. The molecule has 1 atom stereocenters. The second-order valence-electron chi connectivity index (χ2n) is 5.36. The molecule has 0 fully saturated rings. The topological polar surface area (TPSA) is 47.6 Å². The average molecular weight is 392 g/mol. The third-order valence-electron chi connectivity index (χ3n) is 3.83. The van der Waals surface area contributed by atoms with Crippen molar-refractivity contribution in [2.45, 2.75) is 18.9 Å². The van der Waals surface area contributed by atoms with E-state index in [2.05, 4.69) is 21.2 Å². The number of methoxy groups -OCH3 is 2. The third-order valence-corrected chi connectivity index (χ3v) is 4.61. The molecular formula is C19H22BrNO3. The summed E-state index contributed by atoms with van der Waals surface area (Å²) < 4.78 is 11.9. The van der Waals surface area contributed by atoms with Gasteiger partial charge in [-0.2, -0.15) is 0 Å². The minimum Gasteiger partial charge on any atom is -0.496 e. The first-order chi connectivity index (χ1) is 11.7. The number of para-hydroxylation sites is 1. The van der Waals surface area contributed by atoms with Crippen LogP contribution in [0.3, 0.4) is 0 Å². The van der Waals surface area contributed by atoms with E-state index in [4.69, 9.17) is 9.47 Å². The van der Waals surface area contributed by atoms with Crippen molar-refractivity contribution in [1.82, 2.24) is 5.32 Å². The van der Waals surface area contributed by atoms with Crippen LogP contribution in [0, 0.1) is 0 Å². The molecule has 0 saturated heterocycles. The van der Waals surface area contributed by atoms with Gasteiger partial charge >= 0.3 is 0 Å². The zero-order valence-electron chi connectivity index (χ0n) is 13.9. The molecule has 0 aliphatic heterocycles. The predicted molar refractivity (Wildman–Crippen MR) is 98.2 cm³/mol. The Morgan fingerprint density at radius 1 is 1.12 bits per heavy atom. The first kappa shape index (κ1) is 18.5. The number of hydrogen-bond acceptors (Lipinski definition) is 3. The molecule has 0 heterocycles. The Bertz CT molecular complexity index is 675. The van der Waals surface area contributed by atoms with Crippen molar-refractivity contribution in [1.29, 1.82) is 0 Å². The van der Waals surface area contributed by atoms with E-state index >= 15 is 0 Å². The molecule has 2 aromatic carbocycles. The van der Waals surface area contributed by atoms with Crippen LogP contribution in [0.15, 0.2) is 53.0 Å². The van der Waals surface area contributed by atoms with E-state index in [9.17, 15) is 4.79 Å². The molecule has 1 amide bonds. The Balaban J connectivity index is 1.89. The summed E-state index contributed by atoms with van der Waals surface area (Å²) >= 11 is 3.50. The van der Waals surface area contributed by atoms with Gasteiger partial charge in [-0.1, -0.05) is 52.3 Å². The number of carbonyl (C=O) groups is 1. The maximum atomic E-state index is 12.1. The Kier molecular flexibility index (Phi) is 7.28. The number of ether oxygens (including phenoxy) is 2. The third kappa shape index (κ3) is 5.08. The van der Waals surface area contributed by atoms with Gasteiger partial charge in [0.05, 0.1) is 7.11 Å². The van der Waals surface area contributed by atoms with Crippen molar-refractivity contribution in [2.24, 2.45) is 0 Å². The summed E-state index contributed by atoms with van der Waals surface area (Å²) in [5.74, 6) is 0.759. The molecule has 2 rings (SSSR count). The standard InChI is InChI=1S/C19H22BrNO3/c1-23-17-10-6-4-8-15(17)18(24-2)13-21-19(22)12-11-14-7-3-5-9-16(14)20/h3-10,18H,11-13H2,1-2H3,(H,21,22). The van der Waals surface area contributed by atoms with Gasteiger partial charge in [-0.25, -0.2) is 0 Å². The highest BCUT2D eigenvalue weighted by molar-refractivity contribution is 9.10. The number of aryl methyl sites for hydroxylation is 1. The molecule has 1 N–H and O–H groups in total. The van der Waals surface area contributed by atoms with Crippen LogP contribution in [0.5, 0.6) is 5.75 Å². The molecule has 1 unspecified atom stereocenters. The molecular weight excluding hydrogens is 370 g/mol. The first-order valence-electron chi connectivity index (χ1n) is 7.81. The van der Waals surface area contributed by atoms with Crippen LogP contribution in [-0.4, -0.2) is 26.7 Å². The van der Waals surface area contributed by atoms with Gasteiger partial charge in [0.2, 0.25) is 5.91 Å². The van der Waals surface area contributed by atoms with Crippen molar-refractivity contribution < 1.29 is 14.3 Å². The summed E-state index contributed by atoms with van der Waals surface area (Å²) in [6.07, 6.45) is 0.887. The smallest absolute Gasteiger partial charge is 0.220 e. The lowest BCUT2D eigenvalue weighted by molar-refractivity contribution is -0.121. The van der Waals surface area contributed by atoms with Crippen LogP contribution in [0.4, 0.5) is 0 Å². The SMILES string of the molecule is COc1ccccc1C(CNC(=O)CCc1ccccc1Br)OC. The van der Waals surface area contributed by atoms with E-state index in [0.717, 1.165) is 21.3 Å². The van der Waals surface area contributed by atoms with Gasteiger partial charge < -0.3 is 14.8 Å². The lowest BCUT2D eigenvalue weighted by Crippen LogP contribution is -2.29. The Labute approximate surface area is 151 Å². The summed E-state index contributed by atoms with van der Waals surface area (Å²) in [7, 11) is 3.26. The lowest BCUT2D eigenvalue weighted by atomic mass is 10.1. The highest BCUT2D eigenvalue weighted by Gasteiger charge is 2.16. The number of halogens is 1. The van der Waals surface area contributed by atoms with E-state index < -0.39 is 0 Å². The van der Waals surface area contributed by atoms with Crippen LogP contribution in [0.1, 0.15) is 23.7 Å². The van der Waals surface area contributed by atoms with Gasteiger partial charge in [0, 0.05) is 30.1 Å². The Morgan fingerprint density at radius 3 is 2.54 bits per heavy atom. The van der Waals surface area contributed by atoms with Crippen LogP contribution >= 0.6 is 15.9 Å². The number of rotatable bonds is 8. The monoisotopic (exact) mass is 391 g/mol. The fourth-order valence-corrected chi connectivity index (χ4v) is 2.98. The first-order valence-corrected chi connectivity index (χ1v) is 8.60. The average Bonchev–Trinajstić information content (AvgIpc) is 2.62. The van der Waals surface area contributed by atoms with Gasteiger partial charge in [0.15, 0.2) is 0 Å². The Morgan fingerprint density at radius 2 is 1.83 bits per heavy atom. The fraction of sp³-hybridized carbons (Fsp3) is 0.316. The summed E-state index contributed by atoms with van der Waals surface area (Å²) in [6, 6.07) is 15.6. The van der Waals surface area contributed by atoms with Crippen molar-refractivity contribution in [3.05, 3.63) is 64.1 Å². The summed E-state index contributed by atoms with van der Waals surface area (Å²) in [6.45, 7) is 0.408. The van der Waals surface area contributed by atoms with Crippen LogP contribution in [0.2, 0.25) is 0 Å². The zero-order chi connectivity index (χ0) is 17.4. The number of hydrogen-bond donors (Lipinski definition) is 1. The number of nitrogens with one attached hydrogen (secondary N) is 1. The molecule has 0 radical (unpaired) electrons. The van der Waals surface area contributed by atoms with E-state index in [0.29, 0.717) is 19.4 Å². The highest BCUT2D eigenvalue weighted by Crippen LogP contribution is 2.26. The van der Waals surface area contributed by atoms with Gasteiger partial charge in [0.25, 0.3) is 0 Å². The van der Waals surface area contributed by atoms with Crippen LogP contribution < -0.4 is 10.1 Å². The largest absolute Gasteiger partial charge is 0.496 e. The highest BCUT2D eigenvalue weighted by atomic mass is 79.9. The van der Waals surface area contributed by atoms with E-state index in [-0.39, 0.29) is 12.0 Å². The summed E-state index contributed by atoms with van der Waals surface area (Å²) in [4.78, 5) is 12.1. The molecule has 4 nitrogen and oxygen atoms in total.